The number of aromatic amines is 1. The lowest BCUT2D eigenvalue weighted by Crippen LogP contribution is -2.24. The molecule has 0 unspecified atom stereocenters. The fraction of sp³-hybridized carbons (Fsp3) is 0.615. The summed E-state index contributed by atoms with van der Waals surface area (Å²) in [6, 6.07) is 1.71. The van der Waals surface area contributed by atoms with E-state index in [9.17, 15) is 9.59 Å². The van der Waals surface area contributed by atoms with Crippen molar-refractivity contribution in [2.45, 2.75) is 45.4 Å². The SMILES string of the molecule is Cc1cc(C(=O)NCCCCCCCC(=O)O)n[nH]1. The number of carbonyl (C=O) groups is 2. The Balaban J connectivity index is 1.99. The molecule has 0 saturated heterocycles. The van der Waals surface area contributed by atoms with Crippen LogP contribution in [0.25, 0.3) is 0 Å². The van der Waals surface area contributed by atoms with Gasteiger partial charge in [-0.25, -0.2) is 0 Å². The van der Waals surface area contributed by atoms with Crippen LogP contribution in [-0.2, 0) is 4.79 Å². The molecule has 1 heterocycles. The number of unbranched alkanes of at least 4 members (excludes halogenated alkanes) is 4. The normalized spacial score (nSPS) is 10.4. The van der Waals surface area contributed by atoms with Gasteiger partial charge in [-0.3, -0.25) is 14.7 Å². The first-order valence-corrected chi connectivity index (χ1v) is 6.61. The maximum absolute atomic E-state index is 11.6. The lowest BCUT2D eigenvalue weighted by molar-refractivity contribution is -0.137. The molecule has 1 aromatic rings. The smallest absolute Gasteiger partial charge is 0.303 e. The van der Waals surface area contributed by atoms with E-state index < -0.39 is 5.97 Å². The Morgan fingerprint density at radius 2 is 1.95 bits per heavy atom. The van der Waals surface area contributed by atoms with Crippen LogP contribution in [-0.4, -0.2) is 33.7 Å². The van der Waals surface area contributed by atoms with E-state index in [1.54, 1.807) is 6.07 Å². The molecule has 3 N–H and O–H groups in total. The molecule has 106 valence electrons. The van der Waals surface area contributed by atoms with Gasteiger partial charge in [-0.2, -0.15) is 5.10 Å². The number of amides is 1. The number of hydrogen-bond acceptors (Lipinski definition) is 3. The fourth-order valence-corrected chi connectivity index (χ4v) is 1.76. The molecule has 0 aliphatic carbocycles. The molecule has 0 saturated carbocycles. The Labute approximate surface area is 112 Å². The number of carboxylic acids is 1. The van der Waals surface area contributed by atoms with E-state index in [0.29, 0.717) is 12.2 Å². The zero-order chi connectivity index (χ0) is 14.1. The summed E-state index contributed by atoms with van der Waals surface area (Å²) in [4.78, 5) is 21.9. The highest BCUT2D eigenvalue weighted by Crippen LogP contribution is 2.05. The minimum absolute atomic E-state index is 0.157. The van der Waals surface area contributed by atoms with Gasteiger partial charge in [0.05, 0.1) is 0 Å². The first-order valence-electron chi connectivity index (χ1n) is 6.61. The molecule has 0 radical (unpaired) electrons. The summed E-state index contributed by atoms with van der Waals surface area (Å²) in [6.07, 6.45) is 4.81. The summed E-state index contributed by atoms with van der Waals surface area (Å²) >= 11 is 0. The van der Waals surface area contributed by atoms with Crippen molar-refractivity contribution >= 4 is 11.9 Å². The zero-order valence-corrected chi connectivity index (χ0v) is 11.2. The summed E-state index contributed by atoms with van der Waals surface area (Å²) < 4.78 is 0. The van der Waals surface area contributed by atoms with Gasteiger partial charge in [-0.15, -0.1) is 0 Å². The van der Waals surface area contributed by atoms with E-state index in [0.717, 1.165) is 37.8 Å². The highest BCUT2D eigenvalue weighted by Gasteiger charge is 2.07. The molecule has 0 aliphatic rings. The molecule has 6 nitrogen and oxygen atoms in total. The molecular formula is C13H21N3O3. The maximum Gasteiger partial charge on any atom is 0.303 e. The van der Waals surface area contributed by atoms with Crippen LogP contribution in [0.15, 0.2) is 6.07 Å². The van der Waals surface area contributed by atoms with Gasteiger partial charge >= 0.3 is 5.97 Å². The van der Waals surface area contributed by atoms with Crippen LogP contribution in [0.5, 0.6) is 0 Å². The maximum atomic E-state index is 11.6. The number of hydrogen-bond donors (Lipinski definition) is 3. The van der Waals surface area contributed by atoms with Gasteiger partial charge in [0.2, 0.25) is 0 Å². The second kappa shape index (κ2) is 8.29. The highest BCUT2D eigenvalue weighted by molar-refractivity contribution is 5.92. The van der Waals surface area contributed by atoms with Crippen molar-refractivity contribution in [1.82, 2.24) is 15.5 Å². The van der Waals surface area contributed by atoms with Crippen LogP contribution in [0.4, 0.5) is 0 Å². The van der Waals surface area contributed by atoms with E-state index in [1.165, 1.54) is 0 Å². The molecule has 0 aliphatic heterocycles. The zero-order valence-electron chi connectivity index (χ0n) is 11.2. The highest BCUT2D eigenvalue weighted by atomic mass is 16.4. The quantitative estimate of drug-likeness (QED) is 0.595. The molecule has 1 rings (SSSR count). The van der Waals surface area contributed by atoms with Gasteiger partial charge in [0.1, 0.15) is 5.69 Å². The van der Waals surface area contributed by atoms with Crippen molar-refractivity contribution < 1.29 is 14.7 Å². The number of rotatable bonds is 9. The number of nitrogens with zero attached hydrogens (tertiary/aromatic N) is 1. The van der Waals surface area contributed by atoms with Crippen LogP contribution in [0.2, 0.25) is 0 Å². The third kappa shape index (κ3) is 6.59. The van der Waals surface area contributed by atoms with Crippen LogP contribution in [0.3, 0.4) is 0 Å². The minimum Gasteiger partial charge on any atom is -0.481 e. The van der Waals surface area contributed by atoms with Crippen molar-refractivity contribution in [3.63, 3.8) is 0 Å². The molecule has 0 spiro atoms. The van der Waals surface area contributed by atoms with E-state index in [1.807, 2.05) is 6.92 Å². The fourth-order valence-electron chi connectivity index (χ4n) is 1.76. The largest absolute Gasteiger partial charge is 0.481 e. The summed E-state index contributed by atoms with van der Waals surface area (Å²) in [5.41, 5.74) is 1.28. The monoisotopic (exact) mass is 267 g/mol. The van der Waals surface area contributed by atoms with E-state index >= 15 is 0 Å². The van der Waals surface area contributed by atoms with Crippen molar-refractivity contribution in [1.29, 1.82) is 0 Å². The Kier molecular flexibility index (Phi) is 6.63. The van der Waals surface area contributed by atoms with Gasteiger partial charge in [0.25, 0.3) is 5.91 Å². The Hall–Kier alpha value is -1.85. The van der Waals surface area contributed by atoms with Gasteiger partial charge in [-0.05, 0) is 25.8 Å². The third-order valence-electron chi connectivity index (χ3n) is 2.79. The van der Waals surface area contributed by atoms with Gasteiger partial charge in [0, 0.05) is 18.7 Å². The molecule has 6 heteroatoms. The van der Waals surface area contributed by atoms with Gasteiger partial charge in [0.15, 0.2) is 0 Å². The average Bonchev–Trinajstić information content (AvgIpc) is 2.78. The van der Waals surface area contributed by atoms with Crippen LogP contribution in [0, 0.1) is 6.92 Å². The lowest BCUT2D eigenvalue weighted by atomic mass is 10.1. The Morgan fingerprint density at radius 1 is 1.26 bits per heavy atom. The molecule has 0 bridgehead atoms. The van der Waals surface area contributed by atoms with Gasteiger partial charge in [-0.1, -0.05) is 19.3 Å². The van der Waals surface area contributed by atoms with E-state index in [4.69, 9.17) is 5.11 Å². The van der Waals surface area contributed by atoms with E-state index in [2.05, 4.69) is 15.5 Å². The van der Waals surface area contributed by atoms with Crippen molar-refractivity contribution in [3.05, 3.63) is 17.5 Å². The summed E-state index contributed by atoms with van der Waals surface area (Å²) in [5, 5.41) is 17.9. The second-order valence-electron chi connectivity index (χ2n) is 4.60. The standard InChI is InChI=1S/C13H21N3O3/c1-10-9-11(16-15-10)13(19)14-8-6-4-2-3-5-7-12(17)18/h9H,2-8H2,1H3,(H,14,19)(H,15,16)(H,17,18). The summed E-state index contributed by atoms with van der Waals surface area (Å²) in [7, 11) is 0. The topological polar surface area (TPSA) is 95.1 Å². The molecule has 1 amide bonds. The number of nitrogens with one attached hydrogen (secondary N) is 2. The lowest BCUT2D eigenvalue weighted by Gasteiger charge is -2.03. The van der Waals surface area contributed by atoms with E-state index in [-0.39, 0.29) is 12.3 Å². The average molecular weight is 267 g/mol. The van der Waals surface area contributed by atoms with Gasteiger partial charge < -0.3 is 10.4 Å². The van der Waals surface area contributed by atoms with Crippen molar-refractivity contribution in [2.24, 2.45) is 0 Å². The second-order valence-corrected chi connectivity index (χ2v) is 4.60. The van der Waals surface area contributed by atoms with Crippen LogP contribution >= 0.6 is 0 Å². The number of H-pyrrole nitrogens is 1. The molecule has 1 aromatic heterocycles. The molecule has 0 atom stereocenters. The Bertz CT molecular complexity index is 415. The van der Waals surface area contributed by atoms with Crippen LogP contribution < -0.4 is 5.32 Å². The summed E-state index contributed by atoms with van der Waals surface area (Å²) in [5.74, 6) is -0.892. The van der Waals surface area contributed by atoms with Crippen LogP contribution in [0.1, 0.15) is 54.7 Å². The first kappa shape index (κ1) is 15.2. The minimum atomic E-state index is -0.735. The predicted molar refractivity (Wildman–Crippen MR) is 71.0 cm³/mol. The number of aliphatic carboxylic acids is 1. The number of aromatic nitrogens is 2. The third-order valence-corrected chi connectivity index (χ3v) is 2.79. The molecule has 19 heavy (non-hydrogen) atoms. The number of carbonyl (C=O) groups excluding carboxylic acids is 1. The molecule has 0 fully saturated rings. The number of carboxylic acid groups (broad SMARTS) is 1. The molecular weight excluding hydrogens is 246 g/mol. The first-order chi connectivity index (χ1) is 9.09. The summed E-state index contributed by atoms with van der Waals surface area (Å²) in [6.45, 7) is 2.48. The predicted octanol–water partition coefficient (Wildman–Crippen LogP) is 1.87. The Morgan fingerprint density at radius 3 is 2.58 bits per heavy atom. The number of aryl methyl sites for hydroxylation is 1. The van der Waals surface area contributed by atoms with Crippen molar-refractivity contribution in [3.8, 4) is 0 Å². The van der Waals surface area contributed by atoms with Crippen molar-refractivity contribution in [2.75, 3.05) is 6.54 Å². The molecule has 0 aromatic carbocycles.